The molecule has 172 valence electrons. The van der Waals surface area contributed by atoms with Crippen molar-refractivity contribution in [2.24, 2.45) is 0 Å². The molecule has 1 N–H and O–H groups in total. The minimum Gasteiger partial charge on any atom is -0.495 e. The van der Waals surface area contributed by atoms with Gasteiger partial charge in [0.25, 0.3) is 0 Å². The molecule has 32 heavy (non-hydrogen) atoms. The fourth-order valence-corrected chi connectivity index (χ4v) is 5.01. The number of para-hydroxylation sites is 2. The molecule has 2 amide bonds. The summed E-state index contributed by atoms with van der Waals surface area (Å²) >= 11 is 1.45. The van der Waals surface area contributed by atoms with Crippen LogP contribution in [0.25, 0.3) is 0 Å². The van der Waals surface area contributed by atoms with Gasteiger partial charge in [0.15, 0.2) is 11.5 Å². The fourth-order valence-electron chi connectivity index (χ4n) is 4.06. The van der Waals surface area contributed by atoms with Crippen molar-refractivity contribution in [3.63, 3.8) is 0 Å². The Bertz CT molecular complexity index is 950. The summed E-state index contributed by atoms with van der Waals surface area (Å²) < 4.78 is 18.0. The van der Waals surface area contributed by atoms with E-state index >= 15 is 0 Å². The predicted molar refractivity (Wildman–Crippen MR) is 127 cm³/mol. The van der Waals surface area contributed by atoms with Crippen molar-refractivity contribution in [1.82, 2.24) is 9.21 Å². The number of rotatable bonds is 8. The minimum atomic E-state index is -0.101. The van der Waals surface area contributed by atoms with Gasteiger partial charge in [-0.1, -0.05) is 12.1 Å². The Labute approximate surface area is 193 Å². The predicted octanol–water partition coefficient (Wildman–Crippen LogP) is 3.78. The number of carbonyl (C=O) groups excluding carboxylic acids is 1. The molecule has 2 heterocycles. The zero-order valence-corrected chi connectivity index (χ0v) is 19.6. The van der Waals surface area contributed by atoms with Crippen molar-refractivity contribution in [1.29, 1.82) is 0 Å². The summed E-state index contributed by atoms with van der Waals surface area (Å²) in [5.41, 5.74) is 1.91. The van der Waals surface area contributed by atoms with Gasteiger partial charge in [-0.05, 0) is 30.5 Å². The summed E-state index contributed by atoms with van der Waals surface area (Å²) in [7, 11) is 4.92. The van der Waals surface area contributed by atoms with Gasteiger partial charge < -0.3 is 24.4 Å². The summed E-state index contributed by atoms with van der Waals surface area (Å²) in [5.74, 6) is 2.18. The van der Waals surface area contributed by atoms with Gasteiger partial charge in [-0.3, -0.25) is 9.21 Å². The average molecular weight is 459 g/mol. The van der Waals surface area contributed by atoms with Crippen molar-refractivity contribution in [2.75, 3.05) is 70.8 Å². The normalized spacial score (nSPS) is 16.4. The van der Waals surface area contributed by atoms with Gasteiger partial charge in [0.05, 0.1) is 37.6 Å². The maximum atomic E-state index is 12.5. The van der Waals surface area contributed by atoms with Gasteiger partial charge in [0, 0.05) is 51.4 Å². The highest BCUT2D eigenvalue weighted by Crippen LogP contribution is 2.42. The van der Waals surface area contributed by atoms with Crippen LogP contribution in [0.3, 0.4) is 0 Å². The number of carbonyl (C=O) groups is 1. The summed E-state index contributed by atoms with van der Waals surface area (Å²) in [6.07, 6.45) is 0.914. The van der Waals surface area contributed by atoms with E-state index in [0.717, 1.165) is 61.2 Å². The number of nitrogens with one attached hydrogen (secondary N) is 1. The lowest BCUT2D eigenvalue weighted by Crippen LogP contribution is -2.47. The van der Waals surface area contributed by atoms with Crippen LogP contribution in [0.1, 0.15) is 6.42 Å². The van der Waals surface area contributed by atoms with Gasteiger partial charge in [-0.2, -0.15) is 0 Å². The first-order valence-corrected chi connectivity index (χ1v) is 11.5. The van der Waals surface area contributed by atoms with Crippen LogP contribution in [0.4, 0.5) is 16.2 Å². The molecule has 0 atom stereocenters. The van der Waals surface area contributed by atoms with Gasteiger partial charge >= 0.3 is 6.03 Å². The highest BCUT2D eigenvalue weighted by atomic mass is 32.2. The van der Waals surface area contributed by atoms with E-state index in [1.54, 1.807) is 31.7 Å². The molecule has 0 radical (unpaired) electrons. The molecular formula is C23H30N4O4S. The van der Waals surface area contributed by atoms with Gasteiger partial charge in [-0.25, -0.2) is 4.79 Å². The number of amides is 2. The smallest absolute Gasteiger partial charge is 0.332 e. The van der Waals surface area contributed by atoms with Crippen LogP contribution in [-0.4, -0.2) is 75.8 Å². The van der Waals surface area contributed by atoms with Crippen LogP contribution in [-0.2, 0) is 0 Å². The molecule has 0 aromatic heterocycles. The second kappa shape index (κ2) is 10.2. The summed E-state index contributed by atoms with van der Waals surface area (Å²) in [5, 5.41) is 2.96. The summed E-state index contributed by atoms with van der Waals surface area (Å²) in [6, 6.07) is 11.8. The highest BCUT2D eigenvalue weighted by Gasteiger charge is 2.26. The Kier molecular flexibility index (Phi) is 7.16. The molecule has 2 aromatic rings. The molecule has 0 aliphatic carbocycles. The standard InChI is InChI=1S/C23H30N4O4S/c1-29-19-8-5-4-7-18(19)26-13-11-25(12-14-26)9-6-10-27-23(28)24-17-15-20(30-2)21(31-3)16-22(17)32-27/h4-5,7-8,15-16H,6,9-14H2,1-3H3,(H,24,28). The largest absolute Gasteiger partial charge is 0.495 e. The molecule has 1 saturated heterocycles. The number of benzene rings is 2. The molecular weight excluding hydrogens is 428 g/mol. The molecule has 0 saturated carbocycles. The highest BCUT2D eigenvalue weighted by molar-refractivity contribution is 7.97. The fraction of sp³-hybridized carbons (Fsp3) is 0.435. The van der Waals surface area contributed by atoms with Crippen LogP contribution >= 0.6 is 11.9 Å². The van der Waals surface area contributed by atoms with Crippen LogP contribution in [0.5, 0.6) is 17.2 Å². The number of hydrogen-bond donors (Lipinski definition) is 1. The second-order valence-corrected chi connectivity index (χ2v) is 8.74. The van der Waals surface area contributed by atoms with E-state index in [9.17, 15) is 4.79 Å². The van der Waals surface area contributed by atoms with E-state index in [1.165, 1.54) is 11.9 Å². The third-order valence-corrected chi connectivity index (χ3v) is 6.90. The number of urea groups is 1. The lowest BCUT2D eigenvalue weighted by molar-refractivity contribution is 0.228. The number of piperazine rings is 1. The number of methoxy groups -OCH3 is 3. The summed E-state index contributed by atoms with van der Waals surface area (Å²) in [6.45, 7) is 5.57. The maximum absolute atomic E-state index is 12.5. The Morgan fingerprint density at radius 1 is 0.906 bits per heavy atom. The quantitative estimate of drug-likeness (QED) is 0.604. The van der Waals surface area contributed by atoms with E-state index in [4.69, 9.17) is 14.2 Å². The van der Waals surface area contributed by atoms with Crippen LogP contribution in [0, 0.1) is 0 Å². The van der Waals surface area contributed by atoms with E-state index < -0.39 is 0 Å². The Balaban J connectivity index is 1.27. The van der Waals surface area contributed by atoms with Crippen LogP contribution in [0.15, 0.2) is 41.3 Å². The van der Waals surface area contributed by atoms with Crippen LogP contribution < -0.4 is 24.4 Å². The Morgan fingerprint density at radius 3 is 2.31 bits per heavy atom. The van der Waals surface area contributed by atoms with Crippen molar-refractivity contribution in [3.05, 3.63) is 36.4 Å². The van der Waals surface area contributed by atoms with Crippen molar-refractivity contribution >= 4 is 29.4 Å². The third kappa shape index (κ3) is 4.83. The zero-order chi connectivity index (χ0) is 22.5. The third-order valence-electron chi connectivity index (χ3n) is 5.80. The SMILES string of the molecule is COc1cc2c(cc1OC)SN(CCCN1CCN(c3ccccc3OC)CC1)C(=O)N2. The Morgan fingerprint density at radius 2 is 1.59 bits per heavy atom. The number of hydrogen-bond acceptors (Lipinski definition) is 7. The lowest BCUT2D eigenvalue weighted by Gasteiger charge is -2.37. The molecule has 2 aliphatic heterocycles. The minimum absolute atomic E-state index is 0.101. The molecule has 0 bridgehead atoms. The van der Waals surface area contributed by atoms with E-state index in [2.05, 4.69) is 27.2 Å². The molecule has 2 aliphatic rings. The zero-order valence-electron chi connectivity index (χ0n) is 18.8. The van der Waals surface area contributed by atoms with E-state index in [-0.39, 0.29) is 6.03 Å². The lowest BCUT2D eigenvalue weighted by atomic mass is 10.2. The van der Waals surface area contributed by atoms with Gasteiger partial charge in [0.1, 0.15) is 5.75 Å². The maximum Gasteiger partial charge on any atom is 0.332 e. The number of fused-ring (bicyclic) bond motifs is 1. The number of nitrogens with zero attached hydrogens (tertiary/aromatic N) is 3. The first kappa shape index (κ1) is 22.4. The van der Waals surface area contributed by atoms with Gasteiger partial charge in [0.2, 0.25) is 0 Å². The first-order chi connectivity index (χ1) is 15.6. The van der Waals surface area contributed by atoms with Crippen molar-refractivity contribution < 1.29 is 19.0 Å². The first-order valence-electron chi connectivity index (χ1n) is 10.8. The van der Waals surface area contributed by atoms with E-state index in [1.807, 2.05) is 18.2 Å². The second-order valence-electron chi connectivity index (χ2n) is 7.68. The molecule has 0 unspecified atom stereocenters. The summed E-state index contributed by atoms with van der Waals surface area (Å²) in [4.78, 5) is 18.3. The van der Waals surface area contributed by atoms with Gasteiger partial charge in [-0.15, -0.1) is 0 Å². The van der Waals surface area contributed by atoms with Crippen molar-refractivity contribution in [3.8, 4) is 17.2 Å². The molecule has 8 nitrogen and oxygen atoms in total. The van der Waals surface area contributed by atoms with Crippen LogP contribution in [0.2, 0.25) is 0 Å². The number of anilines is 2. The molecule has 9 heteroatoms. The molecule has 0 spiro atoms. The average Bonchev–Trinajstić information content (AvgIpc) is 2.84. The van der Waals surface area contributed by atoms with E-state index in [0.29, 0.717) is 18.0 Å². The molecule has 1 fully saturated rings. The monoisotopic (exact) mass is 458 g/mol. The molecule has 4 rings (SSSR count). The molecule has 2 aromatic carbocycles. The topological polar surface area (TPSA) is 66.5 Å². The Hall–Kier alpha value is -2.78. The number of ether oxygens (including phenoxy) is 3. The van der Waals surface area contributed by atoms with Crippen molar-refractivity contribution in [2.45, 2.75) is 11.3 Å².